The summed E-state index contributed by atoms with van der Waals surface area (Å²) in [6.07, 6.45) is 0. The summed E-state index contributed by atoms with van der Waals surface area (Å²) >= 11 is 3.30. The number of sulfonamides is 1. The SMILES string of the molecule is CC(=O)Nc1ccc(NC(=O)COc2ccc(S(=O)(=O)Nc3ccc(Br)cc3)cc2)cc1. The van der Waals surface area contributed by atoms with Crippen molar-refractivity contribution >= 4 is 54.8 Å². The summed E-state index contributed by atoms with van der Waals surface area (Å²) in [5, 5.41) is 5.31. The fourth-order valence-electron chi connectivity index (χ4n) is 2.63. The molecule has 32 heavy (non-hydrogen) atoms. The smallest absolute Gasteiger partial charge is 0.262 e. The van der Waals surface area contributed by atoms with Crippen LogP contribution >= 0.6 is 15.9 Å². The first kappa shape index (κ1) is 23.3. The molecule has 0 unspecified atom stereocenters. The molecule has 0 saturated heterocycles. The van der Waals surface area contributed by atoms with Crippen molar-refractivity contribution in [2.75, 3.05) is 22.0 Å². The van der Waals surface area contributed by atoms with Crippen molar-refractivity contribution in [2.45, 2.75) is 11.8 Å². The van der Waals surface area contributed by atoms with E-state index in [1.54, 1.807) is 48.5 Å². The number of carbonyl (C=O) groups is 2. The molecule has 0 atom stereocenters. The number of anilines is 3. The summed E-state index contributed by atoms with van der Waals surface area (Å²) in [5.74, 6) is -0.215. The van der Waals surface area contributed by atoms with Crippen LogP contribution in [0.1, 0.15) is 6.92 Å². The lowest BCUT2D eigenvalue weighted by Crippen LogP contribution is -2.20. The van der Waals surface area contributed by atoms with Gasteiger partial charge in [0.15, 0.2) is 6.61 Å². The van der Waals surface area contributed by atoms with Crippen LogP contribution in [0.25, 0.3) is 0 Å². The van der Waals surface area contributed by atoms with Crippen molar-refractivity contribution in [1.29, 1.82) is 0 Å². The zero-order valence-corrected chi connectivity index (χ0v) is 19.4. The van der Waals surface area contributed by atoms with Crippen molar-refractivity contribution in [3.63, 3.8) is 0 Å². The molecule has 0 heterocycles. The third-order valence-electron chi connectivity index (χ3n) is 4.09. The Labute approximate surface area is 194 Å². The van der Waals surface area contributed by atoms with Crippen LogP contribution in [-0.2, 0) is 19.6 Å². The number of nitrogens with one attached hydrogen (secondary N) is 3. The van der Waals surface area contributed by atoms with Gasteiger partial charge in [-0.15, -0.1) is 0 Å². The van der Waals surface area contributed by atoms with Gasteiger partial charge in [0, 0.05) is 28.5 Å². The van der Waals surface area contributed by atoms with Gasteiger partial charge in [0.25, 0.3) is 15.9 Å². The third-order valence-corrected chi connectivity index (χ3v) is 6.02. The fraction of sp³-hybridized carbons (Fsp3) is 0.0909. The molecular weight excluding hydrogens is 498 g/mol. The minimum Gasteiger partial charge on any atom is -0.484 e. The molecule has 166 valence electrons. The van der Waals surface area contributed by atoms with Gasteiger partial charge in [0.1, 0.15) is 5.75 Å². The molecule has 2 amide bonds. The molecule has 0 aliphatic carbocycles. The van der Waals surface area contributed by atoms with Crippen LogP contribution in [0, 0.1) is 0 Å². The number of hydrogen-bond acceptors (Lipinski definition) is 5. The van der Waals surface area contributed by atoms with E-state index in [9.17, 15) is 18.0 Å². The number of benzene rings is 3. The standard InChI is InChI=1S/C22H20BrN3O5S/c1-15(27)24-17-6-8-18(9-7-17)25-22(28)14-31-20-10-12-21(13-11-20)32(29,30)26-19-4-2-16(23)3-5-19/h2-13,26H,14H2,1H3,(H,24,27)(H,25,28). The highest BCUT2D eigenvalue weighted by atomic mass is 79.9. The molecule has 3 N–H and O–H groups in total. The summed E-state index contributed by atoms with van der Waals surface area (Å²) in [6, 6.07) is 19.1. The number of ether oxygens (including phenoxy) is 1. The second kappa shape index (κ2) is 10.3. The molecule has 0 bridgehead atoms. The average molecular weight is 518 g/mol. The van der Waals surface area contributed by atoms with Crippen molar-refractivity contribution < 1.29 is 22.7 Å². The van der Waals surface area contributed by atoms with Crippen molar-refractivity contribution in [1.82, 2.24) is 0 Å². The molecule has 0 saturated carbocycles. The maximum absolute atomic E-state index is 12.5. The zero-order valence-electron chi connectivity index (χ0n) is 17.0. The van der Waals surface area contributed by atoms with Gasteiger partial charge in [0.2, 0.25) is 5.91 Å². The van der Waals surface area contributed by atoms with E-state index in [-0.39, 0.29) is 23.3 Å². The van der Waals surface area contributed by atoms with E-state index in [1.165, 1.54) is 31.2 Å². The number of rotatable bonds is 8. The van der Waals surface area contributed by atoms with Gasteiger partial charge in [-0.25, -0.2) is 8.42 Å². The van der Waals surface area contributed by atoms with Gasteiger partial charge >= 0.3 is 0 Å². The quantitative estimate of drug-likeness (QED) is 0.413. The maximum Gasteiger partial charge on any atom is 0.262 e. The molecule has 3 aromatic rings. The first-order valence-corrected chi connectivity index (χ1v) is 11.7. The molecular formula is C22H20BrN3O5S. The Morgan fingerprint density at radius 3 is 1.91 bits per heavy atom. The first-order chi connectivity index (χ1) is 15.2. The molecule has 0 aliphatic rings. The minimum absolute atomic E-state index is 0.0662. The van der Waals surface area contributed by atoms with Crippen molar-refractivity contribution in [2.24, 2.45) is 0 Å². The summed E-state index contributed by atoms with van der Waals surface area (Å²) in [4.78, 5) is 23.2. The van der Waals surface area contributed by atoms with E-state index in [2.05, 4.69) is 31.3 Å². The van der Waals surface area contributed by atoms with E-state index in [4.69, 9.17) is 4.74 Å². The highest BCUT2D eigenvalue weighted by Gasteiger charge is 2.14. The largest absolute Gasteiger partial charge is 0.484 e. The molecule has 0 spiro atoms. The molecule has 8 nitrogen and oxygen atoms in total. The van der Waals surface area contributed by atoms with Gasteiger partial charge in [-0.05, 0) is 72.8 Å². The van der Waals surface area contributed by atoms with E-state index in [0.29, 0.717) is 22.8 Å². The Kier molecular flexibility index (Phi) is 7.49. The maximum atomic E-state index is 12.5. The van der Waals surface area contributed by atoms with Gasteiger partial charge < -0.3 is 15.4 Å². The lowest BCUT2D eigenvalue weighted by atomic mass is 10.2. The lowest BCUT2D eigenvalue weighted by Gasteiger charge is -2.10. The minimum atomic E-state index is -3.75. The molecule has 0 fully saturated rings. The fourth-order valence-corrected chi connectivity index (χ4v) is 3.96. The van der Waals surface area contributed by atoms with Crippen LogP contribution in [-0.4, -0.2) is 26.8 Å². The number of halogens is 1. The molecule has 10 heteroatoms. The van der Waals surface area contributed by atoms with Gasteiger partial charge in [-0.3, -0.25) is 14.3 Å². The number of hydrogen-bond donors (Lipinski definition) is 3. The summed E-state index contributed by atoms with van der Waals surface area (Å²) in [5.41, 5.74) is 1.61. The Morgan fingerprint density at radius 1 is 0.812 bits per heavy atom. The van der Waals surface area contributed by atoms with Crippen LogP contribution in [0.15, 0.2) is 82.2 Å². The van der Waals surface area contributed by atoms with Crippen LogP contribution in [0.3, 0.4) is 0 Å². The van der Waals surface area contributed by atoms with E-state index < -0.39 is 10.0 Å². The Balaban J connectivity index is 1.53. The van der Waals surface area contributed by atoms with E-state index in [1.807, 2.05) is 0 Å². The summed E-state index contributed by atoms with van der Waals surface area (Å²) in [6.45, 7) is 1.16. The topological polar surface area (TPSA) is 114 Å². The normalized spacial score (nSPS) is 10.8. The van der Waals surface area contributed by atoms with Gasteiger partial charge in [-0.2, -0.15) is 0 Å². The second-order valence-electron chi connectivity index (χ2n) is 6.68. The summed E-state index contributed by atoms with van der Waals surface area (Å²) < 4.78 is 33.8. The van der Waals surface area contributed by atoms with Crippen LogP contribution in [0.4, 0.5) is 17.1 Å². The van der Waals surface area contributed by atoms with E-state index >= 15 is 0 Å². The number of amides is 2. The molecule has 3 rings (SSSR count). The van der Waals surface area contributed by atoms with E-state index in [0.717, 1.165) is 4.47 Å². The highest BCUT2D eigenvalue weighted by Crippen LogP contribution is 2.21. The summed E-state index contributed by atoms with van der Waals surface area (Å²) in [7, 11) is -3.75. The molecule has 3 aromatic carbocycles. The lowest BCUT2D eigenvalue weighted by molar-refractivity contribution is -0.118. The Bertz CT molecular complexity index is 1200. The molecule has 0 radical (unpaired) electrons. The van der Waals surface area contributed by atoms with Crippen LogP contribution < -0.4 is 20.1 Å². The van der Waals surface area contributed by atoms with Gasteiger partial charge in [-0.1, -0.05) is 15.9 Å². The van der Waals surface area contributed by atoms with Crippen LogP contribution in [0.5, 0.6) is 5.75 Å². The molecule has 0 aromatic heterocycles. The van der Waals surface area contributed by atoms with Crippen LogP contribution in [0.2, 0.25) is 0 Å². The predicted octanol–water partition coefficient (Wildman–Crippen LogP) is 4.23. The third kappa shape index (κ3) is 6.82. The average Bonchev–Trinajstić information content (AvgIpc) is 2.75. The monoisotopic (exact) mass is 517 g/mol. The highest BCUT2D eigenvalue weighted by molar-refractivity contribution is 9.10. The zero-order chi connectivity index (χ0) is 23.1. The molecule has 0 aliphatic heterocycles. The van der Waals surface area contributed by atoms with Crippen molar-refractivity contribution in [3.8, 4) is 5.75 Å². The predicted molar refractivity (Wildman–Crippen MR) is 126 cm³/mol. The van der Waals surface area contributed by atoms with Gasteiger partial charge in [0.05, 0.1) is 4.90 Å². The van der Waals surface area contributed by atoms with Crippen molar-refractivity contribution in [3.05, 3.63) is 77.3 Å². The Hall–Kier alpha value is -3.37. The number of carbonyl (C=O) groups excluding carboxylic acids is 2. The second-order valence-corrected chi connectivity index (χ2v) is 9.28. The Morgan fingerprint density at radius 2 is 1.34 bits per heavy atom. The first-order valence-electron chi connectivity index (χ1n) is 9.40.